The predicted molar refractivity (Wildman–Crippen MR) is 123 cm³/mol. The molecule has 0 spiro atoms. The maximum absolute atomic E-state index is 13.6. The second kappa shape index (κ2) is 10.8. The quantitative estimate of drug-likeness (QED) is 0.646. The highest BCUT2D eigenvalue weighted by atomic mass is 32.2. The zero-order valence-electron chi connectivity index (χ0n) is 19.2. The van der Waals surface area contributed by atoms with Crippen molar-refractivity contribution in [2.24, 2.45) is 11.8 Å². The number of halogens is 1. The summed E-state index contributed by atoms with van der Waals surface area (Å²) in [5.74, 6) is 0.0585. The normalized spacial score (nSPS) is 31.0. The molecule has 1 unspecified atom stereocenters. The molecule has 1 amide bonds. The molecule has 3 aliphatic rings. The number of rotatable bonds is 7. The van der Waals surface area contributed by atoms with Gasteiger partial charge in [-0.05, 0) is 62.1 Å². The van der Waals surface area contributed by atoms with Crippen LogP contribution in [0.15, 0.2) is 24.3 Å². The van der Waals surface area contributed by atoms with Crippen LogP contribution in [-0.2, 0) is 24.3 Å². The highest BCUT2D eigenvalue weighted by Gasteiger charge is 2.37. The summed E-state index contributed by atoms with van der Waals surface area (Å²) in [7, 11) is -3.35. The lowest BCUT2D eigenvalue weighted by atomic mass is 9.82. The average Bonchev–Trinajstić information content (AvgIpc) is 3.32. The van der Waals surface area contributed by atoms with Crippen molar-refractivity contribution < 1.29 is 27.1 Å². The van der Waals surface area contributed by atoms with Gasteiger partial charge in [-0.15, -0.1) is 0 Å². The minimum atomic E-state index is -3.35. The first-order chi connectivity index (χ1) is 15.8. The van der Waals surface area contributed by atoms with Gasteiger partial charge in [0.2, 0.25) is 15.9 Å². The molecule has 7 nitrogen and oxygen atoms in total. The molecule has 2 aliphatic heterocycles. The Balaban J connectivity index is 1.32. The molecule has 1 N–H and O–H groups in total. The first-order valence-electron chi connectivity index (χ1n) is 12.0. The predicted octanol–water partition coefficient (Wildman–Crippen LogP) is 2.67. The lowest BCUT2D eigenvalue weighted by Crippen LogP contribution is -2.54. The van der Waals surface area contributed by atoms with Crippen molar-refractivity contribution in [1.82, 2.24) is 9.62 Å². The maximum atomic E-state index is 13.6. The number of benzene rings is 1. The van der Waals surface area contributed by atoms with Gasteiger partial charge in [-0.1, -0.05) is 12.1 Å². The van der Waals surface area contributed by atoms with Crippen LogP contribution in [0.2, 0.25) is 0 Å². The fourth-order valence-corrected chi connectivity index (χ4v) is 6.26. The van der Waals surface area contributed by atoms with E-state index < -0.39 is 10.0 Å². The average molecular weight is 483 g/mol. The molecule has 184 valence electrons. The third kappa shape index (κ3) is 6.74. The number of ether oxygens (including phenoxy) is 2. The molecule has 0 aromatic heterocycles. The van der Waals surface area contributed by atoms with Crippen LogP contribution in [0.1, 0.15) is 50.0 Å². The second-order valence-electron chi connectivity index (χ2n) is 9.75. The number of carbonyl (C=O) groups is 1. The Morgan fingerprint density at radius 1 is 1.21 bits per heavy atom. The maximum Gasteiger partial charge on any atom is 0.228 e. The van der Waals surface area contributed by atoms with E-state index in [0.29, 0.717) is 45.2 Å². The summed E-state index contributed by atoms with van der Waals surface area (Å²) in [6, 6.07) is 6.59. The van der Waals surface area contributed by atoms with E-state index >= 15 is 0 Å². The van der Waals surface area contributed by atoms with Gasteiger partial charge < -0.3 is 14.4 Å². The largest absolute Gasteiger partial charge is 0.381 e. The van der Waals surface area contributed by atoms with Crippen LogP contribution >= 0.6 is 0 Å². The van der Waals surface area contributed by atoms with E-state index in [4.69, 9.17) is 9.47 Å². The fraction of sp³-hybridized carbons (Fsp3) is 0.708. The van der Waals surface area contributed by atoms with E-state index in [0.717, 1.165) is 37.7 Å². The molecule has 9 heteroatoms. The van der Waals surface area contributed by atoms with Crippen molar-refractivity contribution in [3.8, 4) is 0 Å². The molecule has 3 fully saturated rings. The standard InChI is InChI=1S/C24H35FN2O5S/c1-33(29,30)26-23-9-11-27(24(28)19-10-12-31-15-19)14-20(23)16-32-22-7-5-17(6-8-22)18-3-2-4-21(25)13-18/h2-4,13,17,19-20,22-23,26H,5-12,14-16H2,1H3/t17?,19-,20?,22?,23+/m1/s1. The lowest BCUT2D eigenvalue weighted by molar-refractivity contribution is -0.138. The van der Waals surface area contributed by atoms with E-state index in [2.05, 4.69) is 4.72 Å². The van der Waals surface area contributed by atoms with Gasteiger partial charge in [0.05, 0.1) is 31.5 Å². The van der Waals surface area contributed by atoms with Crippen LogP contribution in [0, 0.1) is 17.7 Å². The number of likely N-dealkylation sites (tertiary alicyclic amines) is 1. The van der Waals surface area contributed by atoms with E-state index in [-0.39, 0.29) is 35.7 Å². The fourth-order valence-electron chi connectivity index (χ4n) is 5.40. The monoisotopic (exact) mass is 482 g/mol. The Hall–Kier alpha value is -1.55. The third-order valence-electron chi connectivity index (χ3n) is 7.23. The smallest absolute Gasteiger partial charge is 0.228 e. The molecule has 33 heavy (non-hydrogen) atoms. The molecule has 2 heterocycles. The Bertz CT molecular complexity index is 913. The summed E-state index contributed by atoms with van der Waals surface area (Å²) in [6.07, 6.45) is 6.25. The minimum absolute atomic E-state index is 0.0934. The lowest BCUT2D eigenvalue weighted by Gasteiger charge is -2.40. The Labute approximate surface area is 196 Å². The van der Waals surface area contributed by atoms with Crippen LogP contribution < -0.4 is 4.72 Å². The molecule has 1 aliphatic carbocycles. The van der Waals surface area contributed by atoms with Crippen molar-refractivity contribution in [1.29, 1.82) is 0 Å². The number of carbonyl (C=O) groups excluding carboxylic acids is 1. The van der Waals surface area contributed by atoms with Crippen LogP contribution in [-0.4, -0.2) is 70.5 Å². The molecular formula is C24H35FN2O5S. The molecule has 4 rings (SSSR count). The zero-order valence-corrected chi connectivity index (χ0v) is 20.1. The van der Waals surface area contributed by atoms with Crippen molar-refractivity contribution in [3.05, 3.63) is 35.6 Å². The van der Waals surface area contributed by atoms with Crippen molar-refractivity contribution in [3.63, 3.8) is 0 Å². The van der Waals surface area contributed by atoms with Crippen LogP contribution in [0.4, 0.5) is 4.39 Å². The van der Waals surface area contributed by atoms with Gasteiger partial charge in [0, 0.05) is 31.7 Å². The van der Waals surface area contributed by atoms with E-state index in [1.54, 1.807) is 12.1 Å². The van der Waals surface area contributed by atoms with Crippen molar-refractivity contribution >= 4 is 15.9 Å². The third-order valence-corrected chi connectivity index (χ3v) is 7.96. The van der Waals surface area contributed by atoms with Gasteiger partial charge in [0.15, 0.2) is 0 Å². The highest BCUT2D eigenvalue weighted by molar-refractivity contribution is 7.88. The van der Waals surface area contributed by atoms with E-state index in [1.807, 2.05) is 11.0 Å². The van der Waals surface area contributed by atoms with Crippen molar-refractivity contribution in [2.45, 2.75) is 56.6 Å². The summed E-state index contributed by atoms with van der Waals surface area (Å²) in [5, 5.41) is 0. The second-order valence-corrected chi connectivity index (χ2v) is 11.5. The number of sulfonamides is 1. The molecule has 3 atom stereocenters. The molecular weight excluding hydrogens is 447 g/mol. The van der Waals surface area contributed by atoms with E-state index in [1.165, 1.54) is 12.3 Å². The van der Waals surface area contributed by atoms with Gasteiger partial charge in [0.25, 0.3) is 0 Å². The van der Waals surface area contributed by atoms with Gasteiger partial charge >= 0.3 is 0 Å². The first-order valence-corrected chi connectivity index (χ1v) is 13.9. The molecule has 1 aromatic carbocycles. The van der Waals surface area contributed by atoms with Crippen LogP contribution in [0.25, 0.3) is 0 Å². The minimum Gasteiger partial charge on any atom is -0.381 e. The summed E-state index contributed by atoms with van der Waals surface area (Å²) < 4.78 is 51.7. The summed E-state index contributed by atoms with van der Waals surface area (Å²) in [6.45, 7) is 2.52. The van der Waals surface area contributed by atoms with Gasteiger partial charge in [0.1, 0.15) is 5.82 Å². The Morgan fingerprint density at radius 2 is 2.00 bits per heavy atom. The molecule has 0 radical (unpaired) electrons. The summed E-state index contributed by atoms with van der Waals surface area (Å²) in [4.78, 5) is 14.7. The van der Waals surface area contributed by atoms with Crippen LogP contribution in [0.3, 0.4) is 0 Å². The SMILES string of the molecule is CS(=O)(=O)N[C@H]1CCN(C(=O)[C@@H]2CCOC2)CC1COC1CCC(c2cccc(F)c2)CC1. The van der Waals surface area contributed by atoms with Gasteiger partial charge in [-0.3, -0.25) is 4.79 Å². The number of amides is 1. The van der Waals surface area contributed by atoms with Crippen molar-refractivity contribution in [2.75, 3.05) is 39.2 Å². The van der Waals surface area contributed by atoms with Crippen LogP contribution in [0.5, 0.6) is 0 Å². The number of piperidine rings is 1. The number of nitrogens with one attached hydrogen (secondary N) is 1. The molecule has 0 bridgehead atoms. The number of nitrogens with zero attached hydrogens (tertiary/aromatic N) is 1. The zero-order chi connectivity index (χ0) is 23.4. The topological polar surface area (TPSA) is 84.9 Å². The first kappa shape index (κ1) is 24.6. The Morgan fingerprint density at radius 3 is 2.67 bits per heavy atom. The molecule has 2 saturated heterocycles. The highest BCUT2D eigenvalue weighted by Crippen LogP contribution is 2.35. The summed E-state index contributed by atoms with van der Waals surface area (Å²) >= 11 is 0. The molecule has 1 saturated carbocycles. The van der Waals surface area contributed by atoms with Gasteiger partial charge in [-0.25, -0.2) is 17.5 Å². The number of hydrogen-bond donors (Lipinski definition) is 1. The van der Waals surface area contributed by atoms with E-state index in [9.17, 15) is 17.6 Å². The Kier molecular flexibility index (Phi) is 8.04. The van der Waals surface area contributed by atoms with Gasteiger partial charge in [-0.2, -0.15) is 0 Å². The number of hydrogen-bond acceptors (Lipinski definition) is 5. The summed E-state index contributed by atoms with van der Waals surface area (Å²) in [5.41, 5.74) is 1.04. The molecule has 1 aromatic rings.